The zero-order valence-electron chi connectivity index (χ0n) is 19.4. The Morgan fingerprint density at radius 2 is 1.33 bits per heavy atom. The summed E-state index contributed by atoms with van der Waals surface area (Å²) >= 11 is 0. The van der Waals surface area contributed by atoms with Crippen molar-refractivity contribution < 1.29 is 0 Å². The number of fused-ring (bicyclic) bond motifs is 2. The molecule has 5 rings (SSSR count). The molecule has 0 heterocycles. The molecule has 1 N–H and O–H groups in total. The predicted molar refractivity (Wildman–Crippen MR) is 135 cm³/mol. The van der Waals surface area contributed by atoms with Crippen LogP contribution in [0.1, 0.15) is 67.3 Å². The fraction of sp³-hybridized carbons (Fsp3) is 0.429. The van der Waals surface area contributed by atoms with E-state index in [2.05, 4.69) is 87.4 Å². The van der Waals surface area contributed by atoms with E-state index in [1.807, 2.05) is 0 Å². The fourth-order valence-corrected chi connectivity index (χ4v) is 8.44. The molecular weight excluding hydrogens is 378 g/mol. The second-order valence-electron chi connectivity index (χ2n) is 10.1. The molecule has 158 valence electrons. The molecule has 1 fully saturated rings. The first-order chi connectivity index (χ1) is 14.3. The quantitative estimate of drug-likeness (QED) is 0.561. The summed E-state index contributed by atoms with van der Waals surface area (Å²) in [5.41, 5.74) is 10.4. The Kier molecular flexibility index (Phi) is 6.18. The van der Waals surface area contributed by atoms with E-state index < -0.39 is 8.24 Å². The molecule has 2 heteroatoms. The number of rotatable bonds is 3. The standard InChI is InChI=1S/C17H25NSi.C11H12/c1-13-11-14-7-6-10-17(16(14)12-13)19(2,3)18-15-8-4-5-9-15;1-8-6-10-5-3-4-9(2)11(10)7-8/h6-7,10-11,15,18H,4-5,8-9,12H2,1-3H3;3-6H,7H2,1-2H3. The van der Waals surface area contributed by atoms with Crippen molar-refractivity contribution in [3.63, 3.8) is 0 Å². The summed E-state index contributed by atoms with van der Waals surface area (Å²) in [6.45, 7) is 11.6. The van der Waals surface area contributed by atoms with E-state index in [9.17, 15) is 0 Å². The number of allylic oxidation sites excluding steroid dienone is 2. The van der Waals surface area contributed by atoms with Crippen molar-refractivity contribution >= 4 is 25.6 Å². The SMILES string of the molecule is CC1=Cc2cccc(C)c2C1.CC1=Cc2cccc([Si](C)(C)NC3CCCC3)c2C1. The van der Waals surface area contributed by atoms with Gasteiger partial charge in [-0.05, 0) is 79.5 Å². The molecule has 0 radical (unpaired) electrons. The summed E-state index contributed by atoms with van der Waals surface area (Å²) in [5, 5.41) is 1.63. The largest absolute Gasteiger partial charge is 0.331 e. The summed E-state index contributed by atoms with van der Waals surface area (Å²) in [4.78, 5) is 4.03. The van der Waals surface area contributed by atoms with Crippen molar-refractivity contribution in [1.29, 1.82) is 0 Å². The number of hydrogen-bond acceptors (Lipinski definition) is 1. The fourth-order valence-electron chi connectivity index (χ4n) is 5.47. The zero-order valence-corrected chi connectivity index (χ0v) is 20.4. The van der Waals surface area contributed by atoms with Gasteiger partial charge in [-0.3, -0.25) is 0 Å². The van der Waals surface area contributed by atoms with Crippen molar-refractivity contribution in [2.75, 3.05) is 0 Å². The van der Waals surface area contributed by atoms with Crippen LogP contribution in [0.3, 0.4) is 0 Å². The third kappa shape index (κ3) is 4.55. The summed E-state index contributed by atoms with van der Waals surface area (Å²) in [6.07, 6.45) is 12.5. The molecule has 3 aliphatic carbocycles. The highest BCUT2D eigenvalue weighted by Gasteiger charge is 2.31. The normalized spacial score (nSPS) is 17.8. The van der Waals surface area contributed by atoms with Gasteiger partial charge in [0.1, 0.15) is 0 Å². The van der Waals surface area contributed by atoms with Crippen molar-refractivity contribution in [1.82, 2.24) is 4.98 Å². The van der Waals surface area contributed by atoms with Crippen LogP contribution in [0.25, 0.3) is 12.2 Å². The number of benzene rings is 2. The first kappa shape index (κ1) is 21.3. The molecular formula is C28H37NSi. The Balaban J connectivity index is 0.000000168. The van der Waals surface area contributed by atoms with E-state index in [-0.39, 0.29) is 0 Å². The van der Waals surface area contributed by atoms with Gasteiger partial charge in [0.2, 0.25) is 0 Å². The third-order valence-corrected chi connectivity index (χ3v) is 9.91. The minimum atomic E-state index is -1.51. The van der Waals surface area contributed by atoms with Gasteiger partial charge in [-0.1, -0.05) is 85.6 Å². The van der Waals surface area contributed by atoms with E-state index in [0.717, 1.165) is 18.9 Å². The monoisotopic (exact) mass is 415 g/mol. The van der Waals surface area contributed by atoms with Gasteiger partial charge in [0, 0.05) is 6.04 Å². The van der Waals surface area contributed by atoms with E-state index in [1.54, 1.807) is 10.8 Å². The Morgan fingerprint density at radius 1 is 0.767 bits per heavy atom. The zero-order chi connectivity index (χ0) is 21.3. The maximum absolute atomic E-state index is 4.03. The van der Waals surface area contributed by atoms with E-state index in [1.165, 1.54) is 59.1 Å². The molecule has 1 saturated carbocycles. The minimum absolute atomic E-state index is 0.771. The van der Waals surface area contributed by atoms with Crippen molar-refractivity contribution in [2.45, 2.75) is 78.4 Å². The molecule has 0 atom stereocenters. The summed E-state index contributed by atoms with van der Waals surface area (Å²) in [7, 11) is -1.51. The lowest BCUT2D eigenvalue weighted by atomic mass is 10.0. The van der Waals surface area contributed by atoms with Gasteiger partial charge in [0.05, 0.1) is 0 Å². The van der Waals surface area contributed by atoms with Gasteiger partial charge in [-0.15, -0.1) is 0 Å². The number of hydrogen-bond donors (Lipinski definition) is 1. The molecule has 0 unspecified atom stereocenters. The summed E-state index contributed by atoms with van der Waals surface area (Å²) in [6, 6.07) is 14.2. The Labute approximate surface area is 184 Å². The van der Waals surface area contributed by atoms with Crippen LogP contribution in [0, 0.1) is 6.92 Å². The molecule has 3 aliphatic rings. The lowest BCUT2D eigenvalue weighted by Crippen LogP contribution is -2.59. The Hall–Kier alpha value is -1.90. The average Bonchev–Trinajstić information content (AvgIpc) is 3.40. The van der Waals surface area contributed by atoms with Crippen molar-refractivity contribution in [2.24, 2.45) is 0 Å². The molecule has 0 aliphatic heterocycles. The third-order valence-electron chi connectivity index (χ3n) is 6.97. The van der Waals surface area contributed by atoms with Crippen LogP contribution >= 0.6 is 0 Å². The van der Waals surface area contributed by atoms with Gasteiger partial charge < -0.3 is 4.98 Å². The number of nitrogens with one attached hydrogen (secondary N) is 1. The first-order valence-electron chi connectivity index (χ1n) is 11.7. The van der Waals surface area contributed by atoms with Crippen LogP contribution in [-0.2, 0) is 12.8 Å². The average molecular weight is 416 g/mol. The van der Waals surface area contributed by atoms with Crippen molar-refractivity contribution in [3.8, 4) is 0 Å². The molecule has 0 spiro atoms. The lowest BCUT2D eigenvalue weighted by Gasteiger charge is -2.30. The molecule has 2 aromatic carbocycles. The predicted octanol–water partition coefficient (Wildman–Crippen LogP) is 6.54. The highest BCUT2D eigenvalue weighted by Crippen LogP contribution is 2.27. The van der Waals surface area contributed by atoms with E-state index >= 15 is 0 Å². The van der Waals surface area contributed by atoms with Crippen LogP contribution in [0.15, 0.2) is 47.5 Å². The van der Waals surface area contributed by atoms with Gasteiger partial charge >= 0.3 is 0 Å². The molecule has 30 heavy (non-hydrogen) atoms. The van der Waals surface area contributed by atoms with E-state index in [4.69, 9.17) is 0 Å². The van der Waals surface area contributed by atoms with E-state index in [0.29, 0.717) is 0 Å². The Bertz CT molecular complexity index is 990. The molecule has 0 saturated heterocycles. The van der Waals surface area contributed by atoms with Gasteiger partial charge in [-0.2, -0.15) is 0 Å². The van der Waals surface area contributed by atoms with Crippen LogP contribution in [-0.4, -0.2) is 14.3 Å². The van der Waals surface area contributed by atoms with Crippen LogP contribution in [0.2, 0.25) is 13.1 Å². The van der Waals surface area contributed by atoms with Crippen LogP contribution in [0.5, 0.6) is 0 Å². The van der Waals surface area contributed by atoms with Gasteiger partial charge in [0.25, 0.3) is 0 Å². The Morgan fingerprint density at radius 3 is 1.97 bits per heavy atom. The second kappa shape index (κ2) is 8.68. The lowest BCUT2D eigenvalue weighted by molar-refractivity contribution is 0.634. The summed E-state index contributed by atoms with van der Waals surface area (Å²) < 4.78 is 0. The maximum atomic E-state index is 4.03. The maximum Gasteiger partial charge on any atom is 0.152 e. The molecule has 0 aromatic heterocycles. The second-order valence-corrected chi connectivity index (χ2v) is 14.2. The summed E-state index contributed by atoms with van der Waals surface area (Å²) in [5.74, 6) is 0. The molecule has 0 amide bonds. The van der Waals surface area contributed by atoms with Crippen LogP contribution < -0.4 is 10.2 Å². The molecule has 2 aromatic rings. The highest BCUT2D eigenvalue weighted by atomic mass is 28.3. The van der Waals surface area contributed by atoms with Crippen molar-refractivity contribution in [3.05, 3.63) is 75.4 Å². The van der Waals surface area contributed by atoms with Gasteiger partial charge in [0.15, 0.2) is 8.24 Å². The topological polar surface area (TPSA) is 12.0 Å². The van der Waals surface area contributed by atoms with Gasteiger partial charge in [-0.25, -0.2) is 0 Å². The van der Waals surface area contributed by atoms with Crippen LogP contribution in [0.4, 0.5) is 0 Å². The molecule has 1 nitrogen and oxygen atoms in total. The highest BCUT2D eigenvalue weighted by molar-refractivity contribution is 6.88. The first-order valence-corrected chi connectivity index (χ1v) is 14.7. The minimum Gasteiger partial charge on any atom is -0.331 e. The number of aryl methyl sites for hydroxylation is 1. The smallest absolute Gasteiger partial charge is 0.152 e. The molecule has 0 bridgehead atoms.